The van der Waals surface area contributed by atoms with Crippen LogP contribution in [0.25, 0.3) is 0 Å². The van der Waals surface area contributed by atoms with Crippen molar-refractivity contribution in [2.24, 2.45) is 0 Å². The van der Waals surface area contributed by atoms with Crippen LogP contribution in [0.15, 0.2) is 52.6 Å². The second kappa shape index (κ2) is 11.7. The summed E-state index contributed by atoms with van der Waals surface area (Å²) in [6.07, 6.45) is 0. The van der Waals surface area contributed by atoms with Gasteiger partial charge in [0, 0.05) is 42.8 Å². The zero-order valence-corrected chi connectivity index (χ0v) is 21.4. The summed E-state index contributed by atoms with van der Waals surface area (Å²) >= 11 is 1.58. The summed E-state index contributed by atoms with van der Waals surface area (Å²) in [5.74, 6) is 0.320. The number of rotatable bonds is 9. The first-order valence-corrected chi connectivity index (χ1v) is 12.9. The SMILES string of the molecule is Cc1ccc(OCc2c(C(=O)N[C@H](C)c3cccs3)c(=O)cc(C)n2CCN2CCOCC2)cc1. The average molecular weight is 496 g/mol. The molecule has 1 atom stereocenters. The zero-order valence-electron chi connectivity index (χ0n) is 20.6. The molecule has 1 aromatic carbocycles. The van der Waals surface area contributed by atoms with Gasteiger partial charge in [-0.2, -0.15) is 0 Å². The summed E-state index contributed by atoms with van der Waals surface area (Å²) < 4.78 is 13.6. The summed E-state index contributed by atoms with van der Waals surface area (Å²) in [6, 6.07) is 13.1. The summed E-state index contributed by atoms with van der Waals surface area (Å²) in [7, 11) is 0. The van der Waals surface area contributed by atoms with E-state index in [0.29, 0.717) is 18.0 Å². The maximum absolute atomic E-state index is 13.4. The van der Waals surface area contributed by atoms with E-state index in [1.807, 2.05) is 62.5 Å². The van der Waals surface area contributed by atoms with Gasteiger partial charge in [0.05, 0.1) is 24.9 Å². The Morgan fingerprint density at radius 1 is 1.14 bits per heavy atom. The number of aromatic nitrogens is 1. The molecule has 1 aliphatic heterocycles. The molecule has 1 fully saturated rings. The number of nitrogens with one attached hydrogen (secondary N) is 1. The Balaban J connectivity index is 1.64. The first kappa shape index (κ1) is 25.2. The van der Waals surface area contributed by atoms with Gasteiger partial charge in [0.2, 0.25) is 0 Å². The van der Waals surface area contributed by atoms with E-state index >= 15 is 0 Å². The number of amides is 1. The lowest BCUT2D eigenvalue weighted by atomic mass is 10.1. The predicted octanol–water partition coefficient (Wildman–Crippen LogP) is 3.93. The number of nitrogens with zero attached hydrogens (tertiary/aromatic N) is 2. The number of ether oxygens (including phenoxy) is 2. The third kappa shape index (κ3) is 6.39. The molecule has 7 nitrogen and oxygen atoms in total. The topological polar surface area (TPSA) is 72.8 Å². The second-order valence-corrected chi connectivity index (χ2v) is 9.87. The largest absolute Gasteiger partial charge is 0.487 e. The second-order valence-electron chi connectivity index (χ2n) is 8.89. The number of thiophene rings is 1. The summed E-state index contributed by atoms with van der Waals surface area (Å²) in [4.78, 5) is 29.9. The van der Waals surface area contributed by atoms with Gasteiger partial charge in [0.1, 0.15) is 17.9 Å². The fraction of sp³-hybridized carbons (Fsp3) is 0.407. The number of hydrogen-bond donors (Lipinski definition) is 1. The molecule has 4 rings (SSSR count). The van der Waals surface area contributed by atoms with Gasteiger partial charge in [-0.25, -0.2) is 0 Å². The van der Waals surface area contributed by atoms with Crippen molar-refractivity contribution in [3.63, 3.8) is 0 Å². The fourth-order valence-electron chi connectivity index (χ4n) is 4.26. The lowest BCUT2D eigenvalue weighted by Crippen LogP contribution is -2.39. The molecular formula is C27H33N3O4S. The number of hydrogen-bond acceptors (Lipinski definition) is 6. The van der Waals surface area contributed by atoms with Crippen molar-refractivity contribution in [3.8, 4) is 5.75 Å². The highest BCUT2D eigenvalue weighted by atomic mass is 32.1. The molecular weight excluding hydrogens is 462 g/mol. The van der Waals surface area contributed by atoms with Crippen molar-refractivity contribution < 1.29 is 14.3 Å². The standard InChI is InChI=1S/C27H33N3O4S/c1-19-6-8-22(9-7-19)34-18-23-26(27(32)28-21(3)25-5-4-16-35-25)24(31)17-20(2)30(23)11-10-29-12-14-33-15-13-29/h4-9,16-17,21H,10-15,18H2,1-3H3,(H,28,32)/t21-/m1/s1. The van der Waals surface area contributed by atoms with Gasteiger partial charge in [-0.15, -0.1) is 11.3 Å². The van der Waals surface area contributed by atoms with Crippen molar-refractivity contribution in [2.75, 3.05) is 32.8 Å². The van der Waals surface area contributed by atoms with Crippen LogP contribution in [0.3, 0.4) is 0 Å². The van der Waals surface area contributed by atoms with E-state index in [9.17, 15) is 9.59 Å². The summed E-state index contributed by atoms with van der Waals surface area (Å²) in [5.41, 5.74) is 2.41. The van der Waals surface area contributed by atoms with E-state index in [-0.39, 0.29) is 29.5 Å². The predicted molar refractivity (Wildman–Crippen MR) is 138 cm³/mol. The maximum Gasteiger partial charge on any atom is 0.257 e. The highest BCUT2D eigenvalue weighted by Crippen LogP contribution is 2.20. The smallest absolute Gasteiger partial charge is 0.257 e. The number of morpholine rings is 1. The van der Waals surface area contributed by atoms with Crippen LogP contribution < -0.4 is 15.5 Å². The van der Waals surface area contributed by atoms with Crippen molar-refractivity contribution in [3.05, 3.63) is 85.5 Å². The Kier molecular flexibility index (Phi) is 8.38. The molecule has 3 heterocycles. The Morgan fingerprint density at radius 2 is 1.89 bits per heavy atom. The molecule has 0 saturated carbocycles. The third-order valence-corrected chi connectivity index (χ3v) is 7.37. The minimum absolute atomic E-state index is 0.124. The van der Waals surface area contributed by atoms with E-state index in [1.165, 1.54) is 0 Å². The van der Waals surface area contributed by atoms with Gasteiger partial charge in [0.25, 0.3) is 5.91 Å². The molecule has 1 N–H and O–H groups in total. The third-order valence-electron chi connectivity index (χ3n) is 6.31. The van der Waals surface area contributed by atoms with Crippen LogP contribution in [-0.2, 0) is 17.9 Å². The zero-order chi connectivity index (χ0) is 24.8. The van der Waals surface area contributed by atoms with Gasteiger partial charge < -0.3 is 19.4 Å². The van der Waals surface area contributed by atoms with Crippen LogP contribution in [0.2, 0.25) is 0 Å². The highest BCUT2D eigenvalue weighted by Gasteiger charge is 2.23. The van der Waals surface area contributed by atoms with E-state index in [4.69, 9.17) is 9.47 Å². The van der Waals surface area contributed by atoms with E-state index < -0.39 is 0 Å². The molecule has 0 bridgehead atoms. The van der Waals surface area contributed by atoms with E-state index in [0.717, 1.165) is 49.0 Å². The number of benzene rings is 1. The number of pyridine rings is 1. The molecule has 35 heavy (non-hydrogen) atoms. The van der Waals surface area contributed by atoms with Crippen LogP contribution in [0, 0.1) is 13.8 Å². The summed E-state index contributed by atoms with van der Waals surface area (Å²) in [5, 5.41) is 4.99. The molecule has 2 aromatic heterocycles. The van der Waals surface area contributed by atoms with Gasteiger partial charge in [0.15, 0.2) is 5.43 Å². The quantitative estimate of drug-likeness (QED) is 0.487. The molecule has 3 aromatic rings. The Bertz CT molecular complexity index is 1180. The molecule has 0 spiro atoms. The Morgan fingerprint density at radius 3 is 2.57 bits per heavy atom. The molecule has 0 unspecified atom stereocenters. The van der Waals surface area contributed by atoms with Gasteiger partial charge >= 0.3 is 0 Å². The number of carbonyl (C=O) groups excluding carboxylic acids is 1. The monoisotopic (exact) mass is 495 g/mol. The van der Waals surface area contributed by atoms with Crippen molar-refractivity contribution in [2.45, 2.75) is 40.0 Å². The normalized spacial score (nSPS) is 15.1. The minimum atomic E-state index is -0.376. The molecule has 0 aliphatic carbocycles. The number of carbonyl (C=O) groups is 1. The van der Waals surface area contributed by atoms with Crippen LogP contribution in [0.5, 0.6) is 5.75 Å². The lowest BCUT2D eigenvalue weighted by Gasteiger charge is -2.28. The molecule has 8 heteroatoms. The Labute approximate surface area is 210 Å². The minimum Gasteiger partial charge on any atom is -0.487 e. The lowest BCUT2D eigenvalue weighted by molar-refractivity contribution is 0.0361. The first-order valence-electron chi connectivity index (χ1n) is 12.0. The van der Waals surface area contributed by atoms with Crippen LogP contribution in [0.4, 0.5) is 0 Å². The average Bonchev–Trinajstić information content (AvgIpc) is 3.39. The van der Waals surface area contributed by atoms with Crippen molar-refractivity contribution in [1.82, 2.24) is 14.8 Å². The highest BCUT2D eigenvalue weighted by molar-refractivity contribution is 7.10. The summed E-state index contributed by atoms with van der Waals surface area (Å²) in [6.45, 7) is 10.6. The van der Waals surface area contributed by atoms with Crippen LogP contribution in [0.1, 0.15) is 45.2 Å². The van der Waals surface area contributed by atoms with E-state index in [2.05, 4.69) is 14.8 Å². The van der Waals surface area contributed by atoms with Gasteiger partial charge in [-0.05, 0) is 44.4 Å². The van der Waals surface area contributed by atoms with E-state index in [1.54, 1.807) is 17.4 Å². The molecule has 1 amide bonds. The molecule has 1 aliphatic rings. The van der Waals surface area contributed by atoms with Crippen LogP contribution in [-0.4, -0.2) is 48.2 Å². The van der Waals surface area contributed by atoms with Gasteiger partial charge in [-0.3, -0.25) is 14.5 Å². The molecule has 0 radical (unpaired) electrons. The van der Waals surface area contributed by atoms with Crippen molar-refractivity contribution >= 4 is 17.2 Å². The Hall–Kier alpha value is -2.94. The van der Waals surface area contributed by atoms with Crippen LogP contribution >= 0.6 is 11.3 Å². The molecule has 186 valence electrons. The fourth-order valence-corrected chi connectivity index (χ4v) is 5.00. The first-order chi connectivity index (χ1) is 16.9. The number of aryl methyl sites for hydroxylation is 2. The maximum atomic E-state index is 13.4. The van der Waals surface area contributed by atoms with Gasteiger partial charge in [-0.1, -0.05) is 23.8 Å². The molecule has 1 saturated heterocycles. The van der Waals surface area contributed by atoms with Crippen molar-refractivity contribution in [1.29, 1.82) is 0 Å².